The van der Waals surface area contributed by atoms with Gasteiger partial charge in [-0.05, 0) is 24.3 Å². The zero-order valence-electron chi connectivity index (χ0n) is 13.7. The van der Waals surface area contributed by atoms with Gasteiger partial charge >= 0.3 is 11.9 Å². The summed E-state index contributed by atoms with van der Waals surface area (Å²) in [6.07, 6.45) is -6.49. The van der Waals surface area contributed by atoms with Crippen molar-refractivity contribution in [1.82, 2.24) is 0 Å². The van der Waals surface area contributed by atoms with Crippen LogP contribution in [-0.4, -0.2) is 48.3 Å². The van der Waals surface area contributed by atoms with E-state index < -0.39 is 36.6 Å². The van der Waals surface area contributed by atoms with E-state index in [0.29, 0.717) is 0 Å². The lowest BCUT2D eigenvalue weighted by Crippen LogP contribution is -2.54. The van der Waals surface area contributed by atoms with Crippen molar-refractivity contribution in [2.45, 2.75) is 24.7 Å². The molecule has 2 aromatic carbocycles. The molecular weight excluding hydrogens is 343 g/mol. The number of alkyl halides is 1. The highest BCUT2D eigenvalue weighted by molar-refractivity contribution is 5.90. The minimum atomic E-state index is -2.05. The quantitative estimate of drug-likeness (QED) is 0.841. The smallest absolute Gasteiger partial charge is 0.338 e. The minimum Gasteiger partial charge on any atom is -0.452 e. The Morgan fingerprint density at radius 3 is 1.96 bits per heavy atom. The van der Waals surface area contributed by atoms with Gasteiger partial charge in [0.2, 0.25) is 0 Å². The molecule has 0 aromatic heterocycles. The number of aliphatic hydroxyl groups excluding tert-OH is 1. The molecule has 0 bridgehead atoms. The number of carbonyl (C=O) groups is 2. The Morgan fingerprint density at radius 1 is 0.923 bits per heavy atom. The Bertz CT molecular complexity index is 751. The van der Waals surface area contributed by atoms with E-state index in [1.54, 1.807) is 48.5 Å². The molecule has 1 N–H and O–H groups in total. The summed E-state index contributed by atoms with van der Waals surface area (Å²) in [5, 5.41) is 9.57. The number of aliphatic hydroxyl groups is 1. The van der Waals surface area contributed by atoms with Crippen molar-refractivity contribution in [3.63, 3.8) is 0 Å². The summed E-state index contributed by atoms with van der Waals surface area (Å²) < 4.78 is 29.7. The fraction of sp³-hybridized carbons (Fsp3) is 0.263. The molecule has 4 atom stereocenters. The van der Waals surface area contributed by atoms with Gasteiger partial charge in [0.05, 0.1) is 17.7 Å². The molecule has 2 aromatic rings. The van der Waals surface area contributed by atoms with E-state index in [1.165, 1.54) is 12.1 Å². The monoisotopic (exact) mass is 360 g/mol. The zero-order chi connectivity index (χ0) is 18.5. The van der Waals surface area contributed by atoms with Crippen molar-refractivity contribution in [3.05, 3.63) is 71.8 Å². The highest BCUT2D eigenvalue weighted by atomic mass is 19.1. The lowest BCUT2D eigenvalue weighted by molar-refractivity contribution is -0.232. The maximum Gasteiger partial charge on any atom is 0.338 e. The van der Waals surface area contributed by atoms with Gasteiger partial charge in [-0.2, -0.15) is 0 Å². The van der Waals surface area contributed by atoms with E-state index >= 15 is 0 Å². The summed E-state index contributed by atoms with van der Waals surface area (Å²) in [6.45, 7) is -0.299. The first-order valence-corrected chi connectivity index (χ1v) is 8.02. The summed E-state index contributed by atoms with van der Waals surface area (Å²) >= 11 is 0. The molecule has 136 valence electrons. The van der Waals surface area contributed by atoms with Crippen LogP contribution in [0.25, 0.3) is 0 Å². The number of ether oxygens (including phenoxy) is 3. The first-order chi connectivity index (χ1) is 12.6. The minimum absolute atomic E-state index is 0.216. The van der Waals surface area contributed by atoms with Gasteiger partial charge in [-0.3, -0.25) is 0 Å². The van der Waals surface area contributed by atoms with Crippen molar-refractivity contribution in [2.24, 2.45) is 0 Å². The molecule has 1 aliphatic heterocycles. The molecule has 1 fully saturated rings. The van der Waals surface area contributed by atoms with Crippen molar-refractivity contribution in [2.75, 3.05) is 6.61 Å². The number of benzene rings is 2. The molecule has 6 nitrogen and oxygen atoms in total. The molecule has 0 unspecified atom stereocenters. The molecule has 3 rings (SSSR count). The first kappa shape index (κ1) is 18.0. The normalized spacial score (nSPS) is 25.3. The number of hydrogen-bond donors (Lipinski definition) is 1. The standard InChI is InChI=1S/C19H17FO6/c20-15-16(26-18(22)13-9-5-2-6-10-13)14(11-24-19(15)23)25-17(21)12-7-3-1-4-8-12/h1-10,14-16,19,23H,11H2/t14-,15-,16-,19-/m1/s1. The van der Waals surface area contributed by atoms with Crippen molar-refractivity contribution in [1.29, 1.82) is 0 Å². The van der Waals surface area contributed by atoms with Crippen LogP contribution in [-0.2, 0) is 14.2 Å². The summed E-state index contributed by atoms with van der Waals surface area (Å²) in [5.41, 5.74) is 0.482. The van der Waals surface area contributed by atoms with E-state index in [4.69, 9.17) is 14.2 Å². The van der Waals surface area contributed by atoms with Gasteiger partial charge in [0.25, 0.3) is 0 Å². The van der Waals surface area contributed by atoms with E-state index in [1.807, 2.05) is 0 Å². The van der Waals surface area contributed by atoms with Crippen LogP contribution in [0.1, 0.15) is 20.7 Å². The Kier molecular flexibility index (Phi) is 5.60. The number of esters is 2. The predicted molar refractivity (Wildman–Crippen MR) is 88.1 cm³/mol. The molecule has 0 saturated carbocycles. The van der Waals surface area contributed by atoms with E-state index in [0.717, 1.165) is 0 Å². The van der Waals surface area contributed by atoms with Crippen LogP contribution in [0, 0.1) is 0 Å². The summed E-state index contributed by atoms with van der Waals surface area (Å²) in [6, 6.07) is 16.1. The Hall–Kier alpha value is -2.77. The highest BCUT2D eigenvalue weighted by Gasteiger charge is 2.45. The second-order valence-electron chi connectivity index (χ2n) is 5.71. The van der Waals surface area contributed by atoms with Gasteiger partial charge in [-0.1, -0.05) is 36.4 Å². The highest BCUT2D eigenvalue weighted by Crippen LogP contribution is 2.24. The lowest BCUT2D eigenvalue weighted by atomic mass is 10.1. The number of hydrogen-bond acceptors (Lipinski definition) is 6. The largest absolute Gasteiger partial charge is 0.452 e. The molecule has 7 heteroatoms. The summed E-state index contributed by atoms with van der Waals surface area (Å²) in [4.78, 5) is 24.4. The van der Waals surface area contributed by atoms with Gasteiger partial charge in [-0.15, -0.1) is 0 Å². The van der Waals surface area contributed by atoms with Crippen LogP contribution in [0.2, 0.25) is 0 Å². The first-order valence-electron chi connectivity index (χ1n) is 8.02. The van der Waals surface area contributed by atoms with Crippen LogP contribution >= 0.6 is 0 Å². The molecule has 1 heterocycles. The topological polar surface area (TPSA) is 82.1 Å². The van der Waals surface area contributed by atoms with Crippen LogP contribution in [0.15, 0.2) is 60.7 Å². The zero-order valence-corrected chi connectivity index (χ0v) is 13.7. The van der Waals surface area contributed by atoms with Crippen molar-refractivity contribution in [3.8, 4) is 0 Å². The van der Waals surface area contributed by atoms with Crippen LogP contribution in [0.3, 0.4) is 0 Å². The average molecular weight is 360 g/mol. The second kappa shape index (κ2) is 8.07. The van der Waals surface area contributed by atoms with Crippen LogP contribution < -0.4 is 0 Å². The van der Waals surface area contributed by atoms with E-state index in [9.17, 15) is 19.1 Å². The fourth-order valence-corrected chi connectivity index (χ4v) is 2.54. The lowest BCUT2D eigenvalue weighted by Gasteiger charge is -2.35. The Morgan fingerprint density at radius 2 is 1.42 bits per heavy atom. The molecule has 0 amide bonds. The van der Waals surface area contributed by atoms with Gasteiger partial charge in [-0.25, -0.2) is 14.0 Å². The van der Waals surface area contributed by atoms with Gasteiger partial charge in [0, 0.05) is 0 Å². The Balaban J connectivity index is 1.74. The van der Waals surface area contributed by atoms with Crippen molar-refractivity contribution >= 4 is 11.9 Å². The second-order valence-corrected chi connectivity index (χ2v) is 5.71. The van der Waals surface area contributed by atoms with Crippen LogP contribution in [0.5, 0.6) is 0 Å². The van der Waals surface area contributed by atoms with Gasteiger partial charge in [0.1, 0.15) is 0 Å². The number of carbonyl (C=O) groups excluding carboxylic acids is 2. The molecule has 26 heavy (non-hydrogen) atoms. The predicted octanol–water partition coefficient (Wildman–Crippen LogP) is 2.12. The maximum atomic E-state index is 14.4. The van der Waals surface area contributed by atoms with Gasteiger partial charge < -0.3 is 19.3 Å². The van der Waals surface area contributed by atoms with E-state index in [2.05, 4.69) is 0 Å². The summed E-state index contributed by atoms with van der Waals surface area (Å²) in [5.74, 6) is -1.49. The maximum absolute atomic E-state index is 14.4. The number of rotatable bonds is 4. The molecular formula is C19H17FO6. The molecule has 0 radical (unpaired) electrons. The molecule has 0 aliphatic carbocycles. The van der Waals surface area contributed by atoms with Crippen molar-refractivity contribution < 1.29 is 33.3 Å². The molecule has 1 saturated heterocycles. The SMILES string of the molecule is O=C(O[C@H]1[C@@H](F)[C@H](O)OC[C@H]1OC(=O)c1ccccc1)c1ccccc1. The van der Waals surface area contributed by atoms with Gasteiger partial charge in [0.15, 0.2) is 24.7 Å². The third kappa shape index (κ3) is 4.07. The average Bonchev–Trinajstić information content (AvgIpc) is 2.68. The summed E-state index contributed by atoms with van der Waals surface area (Å²) in [7, 11) is 0. The fourth-order valence-electron chi connectivity index (χ4n) is 2.54. The number of halogens is 1. The van der Waals surface area contributed by atoms with Crippen LogP contribution in [0.4, 0.5) is 4.39 Å². The third-order valence-corrected chi connectivity index (χ3v) is 3.90. The third-order valence-electron chi connectivity index (χ3n) is 3.90. The molecule has 1 aliphatic rings. The van der Waals surface area contributed by atoms with E-state index in [-0.39, 0.29) is 17.7 Å². The Labute approximate surface area is 149 Å². The molecule has 0 spiro atoms.